The molecule has 0 spiro atoms. The lowest BCUT2D eigenvalue weighted by Gasteiger charge is -2.28. The number of aliphatic carboxylic acids is 1. The van der Waals surface area contributed by atoms with Crippen LogP contribution in [0.1, 0.15) is 55.7 Å². The predicted octanol–water partition coefficient (Wildman–Crippen LogP) is 6.74. The van der Waals surface area contributed by atoms with Crippen LogP contribution in [0.25, 0.3) is 22.2 Å². The molecule has 2 aromatic heterocycles. The first kappa shape index (κ1) is 26.7. The molecule has 0 bridgehead atoms. The van der Waals surface area contributed by atoms with Gasteiger partial charge < -0.3 is 19.1 Å². The SMILES string of the molecule is Cc1nc2c(ccn2Cc2ccc(F)c(F)c2)c(-c2cc3c(cc2F)OCCC3)c1C(OC(C)(C)C)C(=O)O. The van der Waals surface area contributed by atoms with Gasteiger partial charge in [0.05, 0.1) is 12.2 Å². The van der Waals surface area contributed by atoms with Crippen LogP contribution >= 0.6 is 0 Å². The monoisotopic (exact) mass is 538 g/mol. The summed E-state index contributed by atoms with van der Waals surface area (Å²) < 4.78 is 56.5. The summed E-state index contributed by atoms with van der Waals surface area (Å²) in [5.74, 6) is -3.21. The second-order valence-corrected chi connectivity index (χ2v) is 10.8. The van der Waals surface area contributed by atoms with Crippen LogP contribution in [0.15, 0.2) is 42.6 Å². The Labute approximate surface area is 224 Å². The number of halogens is 3. The number of pyridine rings is 1. The molecule has 0 saturated carbocycles. The van der Waals surface area contributed by atoms with Crippen molar-refractivity contribution in [1.29, 1.82) is 0 Å². The van der Waals surface area contributed by atoms with Crippen LogP contribution in [0.5, 0.6) is 5.75 Å². The topological polar surface area (TPSA) is 73.6 Å². The molecular formula is C30H29F3N2O4. The standard InChI is InChI=1S/C30H29F3N2O4/c1-16-25(27(29(36)37)39-30(2,3)4)26(20-13-18-6-5-11-38-24(18)14-22(20)32)19-9-10-35(28(19)34-16)15-17-7-8-21(31)23(33)12-17/h7-10,12-14,27H,5-6,11,15H2,1-4H3,(H,36,37). The molecule has 0 saturated heterocycles. The first-order valence-corrected chi connectivity index (χ1v) is 12.7. The van der Waals surface area contributed by atoms with Crippen molar-refractivity contribution in [3.63, 3.8) is 0 Å². The van der Waals surface area contributed by atoms with E-state index in [-0.39, 0.29) is 17.7 Å². The van der Waals surface area contributed by atoms with Gasteiger partial charge in [-0.05, 0) is 75.9 Å². The van der Waals surface area contributed by atoms with Crippen LogP contribution in [0.4, 0.5) is 13.2 Å². The van der Waals surface area contributed by atoms with E-state index in [1.54, 1.807) is 50.6 Å². The number of hydrogen-bond acceptors (Lipinski definition) is 4. The maximum absolute atomic E-state index is 15.8. The molecule has 5 rings (SSSR count). The van der Waals surface area contributed by atoms with Crippen LogP contribution in [0.2, 0.25) is 0 Å². The highest BCUT2D eigenvalue weighted by molar-refractivity contribution is 5.98. The minimum absolute atomic E-state index is 0.174. The van der Waals surface area contributed by atoms with E-state index < -0.39 is 35.1 Å². The Hall–Kier alpha value is -3.85. The van der Waals surface area contributed by atoms with Gasteiger partial charge in [-0.2, -0.15) is 0 Å². The van der Waals surface area contributed by atoms with Gasteiger partial charge in [-0.15, -0.1) is 0 Å². The van der Waals surface area contributed by atoms with Gasteiger partial charge in [0.2, 0.25) is 0 Å². The summed E-state index contributed by atoms with van der Waals surface area (Å²) in [6.07, 6.45) is 1.78. The Morgan fingerprint density at radius 1 is 1.13 bits per heavy atom. The van der Waals surface area contributed by atoms with Gasteiger partial charge in [0.25, 0.3) is 0 Å². The van der Waals surface area contributed by atoms with Gasteiger partial charge in [-0.25, -0.2) is 22.9 Å². The van der Waals surface area contributed by atoms with Crippen molar-refractivity contribution < 1.29 is 32.5 Å². The summed E-state index contributed by atoms with van der Waals surface area (Å²) in [5.41, 5.74) is 2.16. The average molecular weight is 539 g/mol. The lowest BCUT2D eigenvalue weighted by molar-refractivity contribution is -0.160. The number of carboxylic acid groups (broad SMARTS) is 1. The highest BCUT2D eigenvalue weighted by Gasteiger charge is 2.34. The quantitative estimate of drug-likeness (QED) is 0.294. The molecule has 0 amide bonds. The van der Waals surface area contributed by atoms with Crippen LogP contribution < -0.4 is 4.74 Å². The molecule has 39 heavy (non-hydrogen) atoms. The molecule has 1 N–H and O–H groups in total. The Bertz CT molecular complexity index is 1590. The van der Waals surface area contributed by atoms with Crippen LogP contribution in [-0.4, -0.2) is 32.8 Å². The molecule has 6 nitrogen and oxygen atoms in total. The van der Waals surface area contributed by atoms with Gasteiger partial charge in [0.1, 0.15) is 17.2 Å². The van der Waals surface area contributed by atoms with Gasteiger partial charge in [0, 0.05) is 46.6 Å². The minimum atomic E-state index is -1.42. The molecule has 1 atom stereocenters. The number of benzene rings is 2. The Balaban J connectivity index is 1.77. The number of aromatic nitrogens is 2. The molecule has 204 valence electrons. The van der Waals surface area contributed by atoms with E-state index >= 15 is 4.39 Å². The maximum atomic E-state index is 15.8. The molecule has 1 aliphatic heterocycles. The predicted molar refractivity (Wildman–Crippen MR) is 140 cm³/mol. The normalized spacial score (nSPS) is 14.2. The molecule has 4 aromatic rings. The number of ether oxygens (including phenoxy) is 2. The number of carboxylic acids is 1. The zero-order valence-electron chi connectivity index (χ0n) is 22.1. The van der Waals surface area contributed by atoms with E-state index in [0.717, 1.165) is 24.1 Å². The molecule has 2 aromatic carbocycles. The summed E-state index contributed by atoms with van der Waals surface area (Å²) in [4.78, 5) is 17.2. The van der Waals surface area contributed by atoms with Crippen molar-refractivity contribution in [1.82, 2.24) is 9.55 Å². The third-order valence-corrected chi connectivity index (χ3v) is 6.70. The molecule has 0 fully saturated rings. The van der Waals surface area contributed by atoms with E-state index in [1.165, 1.54) is 12.1 Å². The Kier molecular flexibility index (Phi) is 6.88. The first-order valence-electron chi connectivity index (χ1n) is 12.7. The van der Waals surface area contributed by atoms with E-state index in [2.05, 4.69) is 0 Å². The van der Waals surface area contributed by atoms with Crippen LogP contribution in [0.3, 0.4) is 0 Å². The Morgan fingerprint density at radius 2 is 1.90 bits per heavy atom. The average Bonchev–Trinajstić information content (AvgIpc) is 3.25. The second kappa shape index (κ2) is 10.0. The maximum Gasteiger partial charge on any atom is 0.337 e. The van der Waals surface area contributed by atoms with Crippen molar-refractivity contribution in [2.45, 2.75) is 58.8 Å². The fourth-order valence-corrected chi connectivity index (χ4v) is 5.05. The largest absolute Gasteiger partial charge is 0.493 e. The van der Waals surface area contributed by atoms with E-state index in [0.29, 0.717) is 46.6 Å². The summed E-state index contributed by atoms with van der Waals surface area (Å²) >= 11 is 0. The molecule has 0 aliphatic carbocycles. The van der Waals surface area contributed by atoms with E-state index in [4.69, 9.17) is 14.5 Å². The lowest BCUT2D eigenvalue weighted by Crippen LogP contribution is -2.28. The number of fused-ring (bicyclic) bond motifs is 2. The zero-order valence-corrected chi connectivity index (χ0v) is 22.1. The third kappa shape index (κ3) is 5.23. The molecule has 1 unspecified atom stereocenters. The van der Waals surface area contributed by atoms with Crippen molar-refractivity contribution in [2.24, 2.45) is 0 Å². The fourth-order valence-electron chi connectivity index (χ4n) is 5.05. The number of rotatable bonds is 6. The summed E-state index contributed by atoms with van der Waals surface area (Å²) in [7, 11) is 0. The van der Waals surface area contributed by atoms with Gasteiger partial charge >= 0.3 is 5.97 Å². The molecule has 1 aliphatic rings. The van der Waals surface area contributed by atoms with Gasteiger partial charge in [-0.3, -0.25) is 0 Å². The first-order chi connectivity index (χ1) is 18.4. The second-order valence-electron chi connectivity index (χ2n) is 10.8. The van der Waals surface area contributed by atoms with E-state index in [1.807, 2.05) is 0 Å². The van der Waals surface area contributed by atoms with E-state index in [9.17, 15) is 18.7 Å². The molecular weight excluding hydrogens is 509 g/mol. The third-order valence-electron chi connectivity index (χ3n) is 6.70. The smallest absolute Gasteiger partial charge is 0.337 e. The zero-order chi connectivity index (χ0) is 28.1. The minimum Gasteiger partial charge on any atom is -0.493 e. The van der Waals surface area contributed by atoms with Gasteiger partial charge in [0.15, 0.2) is 17.7 Å². The van der Waals surface area contributed by atoms with Crippen molar-refractivity contribution in [3.8, 4) is 16.9 Å². The van der Waals surface area contributed by atoms with Crippen molar-refractivity contribution in [3.05, 3.63) is 82.4 Å². The molecule has 0 radical (unpaired) electrons. The van der Waals surface area contributed by atoms with Crippen LogP contribution in [-0.2, 0) is 22.5 Å². The number of hydrogen-bond donors (Lipinski definition) is 1. The summed E-state index contributed by atoms with van der Waals surface area (Å²) in [6, 6.07) is 8.44. The summed E-state index contributed by atoms with van der Waals surface area (Å²) in [5, 5.41) is 10.7. The lowest BCUT2D eigenvalue weighted by atomic mass is 9.90. The van der Waals surface area contributed by atoms with Crippen molar-refractivity contribution in [2.75, 3.05) is 6.61 Å². The number of carbonyl (C=O) groups is 1. The Morgan fingerprint density at radius 3 is 2.59 bits per heavy atom. The number of aryl methyl sites for hydroxylation is 2. The summed E-state index contributed by atoms with van der Waals surface area (Å²) in [6.45, 7) is 7.59. The highest BCUT2D eigenvalue weighted by Crippen LogP contribution is 2.42. The number of nitrogens with zero attached hydrogens (tertiary/aromatic N) is 2. The molecule has 9 heteroatoms. The van der Waals surface area contributed by atoms with Crippen LogP contribution in [0, 0.1) is 24.4 Å². The van der Waals surface area contributed by atoms with Gasteiger partial charge in [-0.1, -0.05) is 6.07 Å². The van der Waals surface area contributed by atoms with Crippen molar-refractivity contribution >= 4 is 17.0 Å². The molecule has 3 heterocycles. The fraction of sp³-hybridized carbons (Fsp3) is 0.333. The highest BCUT2D eigenvalue weighted by atomic mass is 19.2.